The lowest BCUT2D eigenvalue weighted by atomic mass is 9.83. The van der Waals surface area contributed by atoms with Gasteiger partial charge >= 0.3 is 11.9 Å². The summed E-state index contributed by atoms with van der Waals surface area (Å²) in [6, 6.07) is 7.13. The van der Waals surface area contributed by atoms with Crippen LogP contribution in [0.25, 0.3) is 0 Å². The minimum absolute atomic E-state index is 0.205. The molecule has 0 saturated carbocycles. The zero-order valence-electron chi connectivity index (χ0n) is 11.6. The fraction of sp³-hybridized carbons (Fsp3) is 0.429. The average Bonchev–Trinajstić information content (AvgIpc) is 2.45. The summed E-state index contributed by atoms with van der Waals surface area (Å²) >= 11 is 0. The Morgan fingerprint density at radius 3 is 1.84 bits per heavy atom. The van der Waals surface area contributed by atoms with Crippen LogP contribution in [-0.2, 0) is 25.5 Å². The highest BCUT2D eigenvalue weighted by Gasteiger charge is 2.43. The predicted molar refractivity (Wildman–Crippen MR) is 68.8 cm³/mol. The molecule has 5 heteroatoms. The van der Waals surface area contributed by atoms with E-state index in [4.69, 9.17) is 14.2 Å². The Labute approximate surface area is 112 Å². The smallest absolute Gasteiger partial charge is 0.323 e. The summed E-state index contributed by atoms with van der Waals surface area (Å²) in [4.78, 5) is 23.6. The first kappa shape index (κ1) is 15.0. The summed E-state index contributed by atoms with van der Waals surface area (Å²) in [7, 11) is 4.07. The van der Waals surface area contributed by atoms with Gasteiger partial charge in [0.05, 0.1) is 21.3 Å². The summed E-state index contributed by atoms with van der Waals surface area (Å²) in [5, 5.41) is 0. The fourth-order valence-corrected chi connectivity index (χ4v) is 1.83. The van der Waals surface area contributed by atoms with Gasteiger partial charge in [-0.2, -0.15) is 0 Å². The molecule has 0 aliphatic rings. The van der Waals surface area contributed by atoms with Gasteiger partial charge in [-0.15, -0.1) is 0 Å². The van der Waals surface area contributed by atoms with E-state index in [2.05, 4.69) is 0 Å². The van der Waals surface area contributed by atoms with E-state index in [9.17, 15) is 9.59 Å². The standard InChI is InChI=1S/C14H18O5/c1-14(12(15)18-3,13(16)19-4)9-10-5-7-11(17-2)8-6-10/h5-8H,9H2,1-4H3. The van der Waals surface area contributed by atoms with Crippen molar-refractivity contribution in [3.05, 3.63) is 29.8 Å². The van der Waals surface area contributed by atoms with Crippen molar-refractivity contribution in [1.29, 1.82) is 0 Å². The first-order chi connectivity index (χ1) is 8.97. The molecule has 1 aromatic rings. The van der Waals surface area contributed by atoms with Gasteiger partial charge in [-0.05, 0) is 31.0 Å². The second-order valence-electron chi connectivity index (χ2n) is 4.34. The second-order valence-corrected chi connectivity index (χ2v) is 4.34. The lowest BCUT2D eigenvalue weighted by molar-refractivity contribution is -0.167. The number of hydrogen-bond acceptors (Lipinski definition) is 5. The lowest BCUT2D eigenvalue weighted by Gasteiger charge is -2.23. The Bertz CT molecular complexity index is 433. The van der Waals surface area contributed by atoms with Crippen LogP contribution in [0.1, 0.15) is 12.5 Å². The van der Waals surface area contributed by atoms with Crippen molar-refractivity contribution < 1.29 is 23.8 Å². The number of esters is 2. The van der Waals surface area contributed by atoms with Crippen LogP contribution < -0.4 is 4.74 Å². The molecule has 0 fully saturated rings. The van der Waals surface area contributed by atoms with Gasteiger partial charge < -0.3 is 14.2 Å². The van der Waals surface area contributed by atoms with Gasteiger partial charge in [-0.1, -0.05) is 12.1 Å². The molecule has 104 valence electrons. The second kappa shape index (κ2) is 6.22. The monoisotopic (exact) mass is 266 g/mol. The highest BCUT2D eigenvalue weighted by Crippen LogP contribution is 2.27. The number of ether oxygens (including phenoxy) is 3. The minimum atomic E-state index is -1.35. The van der Waals surface area contributed by atoms with Crippen LogP contribution in [0.15, 0.2) is 24.3 Å². The van der Waals surface area contributed by atoms with Gasteiger partial charge in [0.25, 0.3) is 0 Å². The molecule has 0 spiro atoms. The first-order valence-corrected chi connectivity index (χ1v) is 5.77. The van der Waals surface area contributed by atoms with E-state index in [0.717, 1.165) is 5.56 Å². The first-order valence-electron chi connectivity index (χ1n) is 5.77. The fourth-order valence-electron chi connectivity index (χ4n) is 1.83. The van der Waals surface area contributed by atoms with Crippen LogP contribution in [0.5, 0.6) is 5.75 Å². The zero-order chi connectivity index (χ0) is 14.5. The van der Waals surface area contributed by atoms with E-state index in [1.165, 1.54) is 21.1 Å². The molecule has 1 aromatic carbocycles. The molecular formula is C14H18O5. The van der Waals surface area contributed by atoms with Crippen molar-refractivity contribution in [3.8, 4) is 5.75 Å². The maximum absolute atomic E-state index is 11.8. The van der Waals surface area contributed by atoms with E-state index in [0.29, 0.717) is 5.75 Å². The van der Waals surface area contributed by atoms with Crippen LogP contribution in [-0.4, -0.2) is 33.3 Å². The highest BCUT2D eigenvalue weighted by molar-refractivity contribution is 5.99. The van der Waals surface area contributed by atoms with Gasteiger partial charge in [0.1, 0.15) is 5.75 Å². The van der Waals surface area contributed by atoms with Crippen molar-refractivity contribution in [2.24, 2.45) is 5.41 Å². The molecule has 0 atom stereocenters. The molecule has 19 heavy (non-hydrogen) atoms. The normalized spacial score (nSPS) is 10.7. The van der Waals surface area contributed by atoms with Gasteiger partial charge in [0, 0.05) is 0 Å². The molecule has 0 saturated heterocycles. The van der Waals surface area contributed by atoms with Crippen molar-refractivity contribution >= 4 is 11.9 Å². The number of carbonyl (C=O) groups excluding carboxylic acids is 2. The summed E-state index contributed by atoms with van der Waals surface area (Å²) in [5.74, 6) is -0.521. The number of rotatable bonds is 5. The van der Waals surface area contributed by atoms with E-state index >= 15 is 0 Å². The molecule has 5 nitrogen and oxygen atoms in total. The van der Waals surface area contributed by atoms with Crippen LogP contribution in [0, 0.1) is 5.41 Å². The van der Waals surface area contributed by atoms with Crippen LogP contribution in [0.3, 0.4) is 0 Å². The molecule has 1 rings (SSSR count). The van der Waals surface area contributed by atoms with Crippen molar-refractivity contribution in [2.75, 3.05) is 21.3 Å². The molecule has 0 N–H and O–H groups in total. The molecule has 0 amide bonds. The van der Waals surface area contributed by atoms with E-state index in [1.807, 2.05) is 0 Å². The molecule has 0 unspecified atom stereocenters. The Morgan fingerprint density at radius 2 is 1.47 bits per heavy atom. The summed E-state index contributed by atoms with van der Waals surface area (Å²) in [5.41, 5.74) is -0.531. The largest absolute Gasteiger partial charge is 0.497 e. The molecule has 0 aliphatic heterocycles. The molecule has 0 aromatic heterocycles. The summed E-state index contributed by atoms with van der Waals surface area (Å²) in [6.45, 7) is 1.51. The van der Waals surface area contributed by atoms with Crippen molar-refractivity contribution in [2.45, 2.75) is 13.3 Å². The third-order valence-electron chi connectivity index (χ3n) is 2.99. The minimum Gasteiger partial charge on any atom is -0.497 e. The number of hydrogen-bond donors (Lipinski definition) is 0. The average molecular weight is 266 g/mol. The van der Waals surface area contributed by atoms with E-state index in [-0.39, 0.29) is 6.42 Å². The quantitative estimate of drug-likeness (QED) is 0.598. The highest BCUT2D eigenvalue weighted by atomic mass is 16.5. The Balaban J connectivity index is 3.00. The molecule has 0 bridgehead atoms. The van der Waals surface area contributed by atoms with Crippen molar-refractivity contribution in [3.63, 3.8) is 0 Å². The molecule has 0 aliphatic carbocycles. The van der Waals surface area contributed by atoms with Crippen LogP contribution in [0.4, 0.5) is 0 Å². The third kappa shape index (κ3) is 3.24. The number of methoxy groups -OCH3 is 3. The van der Waals surface area contributed by atoms with Crippen LogP contribution >= 0.6 is 0 Å². The van der Waals surface area contributed by atoms with Gasteiger partial charge in [-0.3, -0.25) is 9.59 Å². The number of carbonyl (C=O) groups is 2. The molecule has 0 radical (unpaired) electrons. The van der Waals surface area contributed by atoms with Crippen molar-refractivity contribution in [1.82, 2.24) is 0 Å². The Hall–Kier alpha value is -2.04. The zero-order valence-corrected chi connectivity index (χ0v) is 11.6. The van der Waals surface area contributed by atoms with Gasteiger partial charge in [0.2, 0.25) is 0 Å². The van der Waals surface area contributed by atoms with E-state index in [1.54, 1.807) is 31.4 Å². The molecule has 0 heterocycles. The number of benzene rings is 1. The Morgan fingerprint density at radius 1 is 1.00 bits per heavy atom. The topological polar surface area (TPSA) is 61.8 Å². The maximum atomic E-state index is 11.8. The third-order valence-corrected chi connectivity index (χ3v) is 2.99. The maximum Gasteiger partial charge on any atom is 0.323 e. The molecular weight excluding hydrogens is 248 g/mol. The lowest BCUT2D eigenvalue weighted by Crippen LogP contribution is -2.40. The SMILES string of the molecule is COC(=O)C(C)(Cc1ccc(OC)cc1)C(=O)OC. The summed E-state index contributed by atoms with van der Waals surface area (Å²) in [6.07, 6.45) is 0.205. The summed E-state index contributed by atoms with van der Waals surface area (Å²) < 4.78 is 14.4. The van der Waals surface area contributed by atoms with Crippen LogP contribution in [0.2, 0.25) is 0 Å². The Kier molecular flexibility index (Phi) is 4.92. The van der Waals surface area contributed by atoms with Gasteiger partial charge in [0.15, 0.2) is 5.41 Å². The van der Waals surface area contributed by atoms with E-state index < -0.39 is 17.4 Å². The van der Waals surface area contributed by atoms with Gasteiger partial charge in [-0.25, -0.2) is 0 Å². The predicted octanol–water partition coefficient (Wildman–Crippen LogP) is 1.59.